The van der Waals surface area contributed by atoms with Crippen molar-refractivity contribution in [1.29, 1.82) is 0 Å². The second kappa shape index (κ2) is 7.47. The van der Waals surface area contributed by atoms with E-state index in [1.165, 1.54) is 30.0 Å². The van der Waals surface area contributed by atoms with Gasteiger partial charge in [-0.15, -0.1) is 0 Å². The fourth-order valence-corrected chi connectivity index (χ4v) is 3.82. The van der Waals surface area contributed by atoms with Crippen LogP contribution in [0.2, 0.25) is 0 Å². The number of likely N-dealkylation sites (tertiary alicyclic amines) is 1. The van der Waals surface area contributed by atoms with Crippen LogP contribution < -0.4 is 10.9 Å². The number of nitrogens with zero attached hydrogens (tertiary/aromatic N) is 2. The lowest BCUT2D eigenvalue weighted by Crippen LogP contribution is -2.52. The fraction of sp³-hybridized carbons (Fsp3) is 0.474. The summed E-state index contributed by atoms with van der Waals surface area (Å²) in [4.78, 5) is 27.3. The highest BCUT2D eigenvalue weighted by atomic mass is 16.5. The largest absolute Gasteiger partial charge is 0.378 e. The van der Waals surface area contributed by atoms with Crippen molar-refractivity contribution in [3.63, 3.8) is 0 Å². The molecule has 2 aliphatic rings. The molecule has 0 bridgehead atoms. The normalized spacial score (nSPS) is 23.8. The highest BCUT2D eigenvalue weighted by molar-refractivity contribution is 5.92. The second-order valence-corrected chi connectivity index (χ2v) is 6.96. The number of H-pyrrole nitrogens is 1. The van der Waals surface area contributed by atoms with Crippen molar-refractivity contribution in [2.45, 2.75) is 31.3 Å². The molecule has 3 heterocycles. The van der Waals surface area contributed by atoms with Gasteiger partial charge in [-0.05, 0) is 38.1 Å². The molecule has 1 aromatic heterocycles. The second-order valence-electron chi connectivity index (χ2n) is 6.96. The number of hydrogen-bond acceptors (Lipinski definition) is 4. The van der Waals surface area contributed by atoms with Gasteiger partial charge in [-0.2, -0.15) is 0 Å². The van der Waals surface area contributed by atoms with Crippen molar-refractivity contribution in [1.82, 2.24) is 20.0 Å². The summed E-state index contributed by atoms with van der Waals surface area (Å²) < 4.78 is 7.00. The summed E-state index contributed by atoms with van der Waals surface area (Å²) in [6, 6.07) is 10.7. The highest BCUT2D eigenvalue weighted by Crippen LogP contribution is 2.19. The molecule has 0 aliphatic carbocycles. The molecule has 1 amide bonds. The minimum atomic E-state index is -0.269. The molecular formula is C19H24N4O3. The van der Waals surface area contributed by atoms with E-state index in [4.69, 9.17) is 4.74 Å². The Bertz CT molecular complexity index is 808. The van der Waals surface area contributed by atoms with E-state index in [0.29, 0.717) is 18.9 Å². The third-order valence-corrected chi connectivity index (χ3v) is 5.21. The number of piperidine rings is 1. The quantitative estimate of drug-likeness (QED) is 0.861. The van der Waals surface area contributed by atoms with Gasteiger partial charge in [0.1, 0.15) is 5.69 Å². The Morgan fingerprint density at radius 3 is 2.65 bits per heavy atom. The highest BCUT2D eigenvalue weighted by Gasteiger charge is 2.35. The van der Waals surface area contributed by atoms with Crippen molar-refractivity contribution in [3.8, 4) is 5.69 Å². The van der Waals surface area contributed by atoms with E-state index in [0.717, 1.165) is 13.1 Å². The van der Waals surface area contributed by atoms with Crippen LogP contribution in [0.5, 0.6) is 0 Å². The summed E-state index contributed by atoms with van der Waals surface area (Å²) in [6.45, 7) is 3.27. The monoisotopic (exact) mass is 356 g/mol. The van der Waals surface area contributed by atoms with E-state index in [1.54, 1.807) is 0 Å². The molecule has 1 aromatic carbocycles. The zero-order valence-electron chi connectivity index (χ0n) is 14.7. The number of rotatable bonds is 4. The van der Waals surface area contributed by atoms with Crippen LogP contribution >= 0.6 is 0 Å². The molecule has 0 unspecified atom stereocenters. The number of benzene rings is 1. The topological polar surface area (TPSA) is 79.4 Å². The molecule has 7 heteroatoms. The molecule has 7 nitrogen and oxygen atoms in total. The lowest BCUT2D eigenvalue weighted by molar-refractivity contribution is 0.0894. The Hall–Kier alpha value is -2.38. The lowest BCUT2D eigenvalue weighted by Gasteiger charge is -2.34. The summed E-state index contributed by atoms with van der Waals surface area (Å²) in [5, 5.41) is 5.95. The maximum atomic E-state index is 12.7. The van der Waals surface area contributed by atoms with Gasteiger partial charge >= 0.3 is 0 Å². The molecule has 2 aromatic rings. The first-order valence-corrected chi connectivity index (χ1v) is 9.22. The molecule has 0 spiro atoms. The number of amides is 1. The van der Waals surface area contributed by atoms with E-state index in [2.05, 4.69) is 15.3 Å². The van der Waals surface area contributed by atoms with Crippen LogP contribution in [-0.4, -0.2) is 59.0 Å². The molecule has 2 saturated heterocycles. The maximum absolute atomic E-state index is 12.7. The third-order valence-electron chi connectivity index (χ3n) is 5.21. The van der Waals surface area contributed by atoms with Crippen molar-refractivity contribution >= 4 is 5.91 Å². The third kappa shape index (κ3) is 3.45. The van der Waals surface area contributed by atoms with Crippen LogP contribution in [0.25, 0.3) is 5.69 Å². The molecule has 26 heavy (non-hydrogen) atoms. The first-order chi connectivity index (χ1) is 12.7. The number of aromatic nitrogens is 2. The minimum absolute atomic E-state index is 0.0517. The zero-order valence-corrected chi connectivity index (χ0v) is 14.7. The van der Waals surface area contributed by atoms with Gasteiger partial charge in [0, 0.05) is 6.07 Å². The number of carbonyl (C=O) groups excluding carboxylic acids is 1. The van der Waals surface area contributed by atoms with Gasteiger partial charge in [0.25, 0.3) is 11.5 Å². The molecule has 0 radical (unpaired) electrons. The van der Waals surface area contributed by atoms with Crippen molar-refractivity contribution in [2.24, 2.45) is 0 Å². The fourth-order valence-electron chi connectivity index (χ4n) is 3.82. The van der Waals surface area contributed by atoms with Crippen LogP contribution in [-0.2, 0) is 4.74 Å². The Balaban J connectivity index is 1.47. The average Bonchev–Trinajstić information content (AvgIpc) is 3.30. The van der Waals surface area contributed by atoms with E-state index in [9.17, 15) is 9.59 Å². The smallest absolute Gasteiger partial charge is 0.271 e. The van der Waals surface area contributed by atoms with E-state index in [1.807, 2.05) is 30.3 Å². The van der Waals surface area contributed by atoms with Gasteiger partial charge in [0.15, 0.2) is 0 Å². The molecule has 2 fully saturated rings. The van der Waals surface area contributed by atoms with E-state index < -0.39 is 0 Å². The minimum Gasteiger partial charge on any atom is -0.378 e. The van der Waals surface area contributed by atoms with E-state index >= 15 is 0 Å². The van der Waals surface area contributed by atoms with Crippen LogP contribution in [0.1, 0.15) is 29.8 Å². The van der Waals surface area contributed by atoms with Crippen LogP contribution in [0.3, 0.4) is 0 Å². The van der Waals surface area contributed by atoms with Crippen molar-refractivity contribution in [3.05, 3.63) is 52.4 Å². The Morgan fingerprint density at radius 1 is 1.12 bits per heavy atom. The van der Waals surface area contributed by atoms with Crippen LogP contribution in [0.4, 0.5) is 0 Å². The summed E-state index contributed by atoms with van der Waals surface area (Å²) in [5.74, 6) is -0.269. The molecule has 2 aliphatic heterocycles. The Morgan fingerprint density at radius 2 is 1.88 bits per heavy atom. The maximum Gasteiger partial charge on any atom is 0.271 e. The van der Waals surface area contributed by atoms with Crippen LogP contribution in [0, 0.1) is 0 Å². The first-order valence-electron chi connectivity index (χ1n) is 9.22. The van der Waals surface area contributed by atoms with Gasteiger partial charge in [0.05, 0.1) is 31.0 Å². The zero-order chi connectivity index (χ0) is 17.9. The standard InChI is InChI=1S/C19H24N4O3/c24-18-11-15(21-23(18)14-7-3-1-4-8-14)19(25)20-16-12-26-13-17(16)22-9-5-2-6-10-22/h1,3-4,7-8,11,16-17,21H,2,5-6,9-10,12-13H2,(H,20,25)/t16-,17-/m1/s1. The summed E-state index contributed by atoms with van der Waals surface area (Å²) in [6.07, 6.45) is 3.67. The SMILES string of the molecule is O=C(N[C@@H]1COC[C@H]1N1CCCCC1)c1cc(=O)n(-c2ccccc2)[nH]1. The summed E-state index contributed by atoms with van der Waals surface area (Å²) >= 11 is 0. The predicted molar refractivity (Wildman–Crippen MR) is 97.7 cm³/mol. The molecule has 4 rings (SSSR count). The van der Waals surface area contributed by atoms with E-state index in [-0.39, 0.29) is 29.2 Å². The molecular weight excluding hydrogens is 332 g/mol. The van der Waals surface area contributed by atoms with Gasteiger partial charge in [-0.25, -0.2) is 4.68 Å². The number of para-hydroxylation sites is 1. The van der Waals surface area contributed by atoms with Gasteiger partial charge in [-0.1, -0.05) is 24.6 Å². The molecule has 2 atom stereocenters. The molecule has 138 valence electrons. The van der Waals surface area contributed by atoms with Crippen molar-refractivity contribution < 1.29 is 9.53 Å². The molecule has 0 saturated carbocycles. The number of carbonyl (C=O) groups is 1. The molecule has 2 N–H and O–H groups in total. The number of aromatic amines is 1. The van der Waals surface area contributed by atoms with Gasteiger partial charge in [-0.3, -0.25) is 19.6 Å². The van der Waals surface area contributed by atoms with Gasteiger partial charge in [0.2, 0.25) is 0 Å². The number of hydrogen-bond donors (Lipinski definition) is 2. The Kier molecular flexibility index (Phi) is 4.90. The number of nitrogens with one attached hydrogen (secondary N) is 2. The Labute approximate surface area is 151 Å². The average molecular weight is 356 g/mol. The summed E-state index contributed by atoms with van der Waals surface area (Å²) in [5.41, 5.74) is 0.715. The van der Waals surface area contributed by atoms with Crippen LogP contribution in [0.15, 0.2) is 41.2 Å². The number of ether oxygens (including phenoxy) is 1. The van der Waals surface area contributed by atoms with Gasteiger partial charge < -0.3 is 10.1 Å². The van der Waals surface area contributed by atoms with Crippen molar-refractivity contribution in [2.75, 3.05) is 26.3 Å². The summed E-state index contributed by atoms with van der Waals surface area (Å²) in [7, 11) is 0. The predicted octanol–water partition coefficient (Wildman–Crippen LogP) is 1.15. The lowest BCUT2D eigenvalue weighted by atomic mass is 10.0. The first kappa shape index (κ1) is 17.1.